The van der Waals surface area contributed by atoms with Gasteiger partial charge < -0.3 is 15.2 Å². The van der Waals surface area contributed by atoms with Crippen LogP contribution >= 0.6 is 0 Å². The van der Waals surface area contributed by atoms with Crippen LogP contribution in [-0.4, -0.2) is 37.4 Å². The van der Waals surface area contributed by atoms with E-state index < -0.39 is 23.0 Å². The summed E-state index contributed by atoms with van der Waals surface area (Å²) in [6.45, 7) is 1.32. The van der Waals surface area contributed by atoms with Crippen molar-refractivity contribution < 1.29 is 23.4 Å². The number of halogens is 2. The summed E-state index contributed by atoms with van der Waals surface area (Å²) in [6.07, 6.45) is 1.31. The molecule has 110 valence electrons. The van der Waals surface area contributed by atoms with E-state index in [0.29, 0.717) is 26.1 Å². The Labute approximate surface area is 115 Å². The van der Waals surface area contributed by atoms with Gasteiger partial charge in [0.05, 0.1) is 6.61 Å². The third-order valence-electron chi connectivity index (χ3n) is 3.69. The summed E-state index contributed by atoms with van der Waals surface area (Å²) in [5.41, 5.74) is -0.337. The fourth-order valence-electron chi connectivity index (χ4n) is 2.20. The lowest BCUT2D eigenvalue weighted by molar-refractivity contribution is -0.0146. The van der Waals surface area contributed by atoms with E-state index in [-0.39, 0.29) is 18.7 Å². The zero-order valence-electron chi connectivity index (χ0n) is 11.0. The Kier molecular flexibility index (Phi) is 4.67. The SMILES string of the molecule is O=C(NCC1(CO)CCOCC1)c1ccc(F)c(F)c1. The average Bonchev–Trinajstić information content (AvgIpc) is 2.48. The highest BCUT2D eigenvalue weighted by Gasteiger charge is 2.32. The summed E-state index contributed by atoms with van der Waals surface area (Å²) < 4.78 is 31.1. The Balaban J connectivity index is 1.98. The minimum Gasteiger partial charge on any atom is -0.396 e. The van der Waals surface area contributed by atoms with Crippen molar-refractivity contribution in [1.29, 1.82) is 0 Å². The van der Waals surface area contributed by atoms with Crippen molar-refractivity contribution in [3.63, 3.8) is 0 Å². The number of amides is 1. The van der Waals surface area contributed by atoms with Gasteiger partial charge >= 0.3 is 0 Å². The van der Waals surface area contributed by atoms with E-state index in [4.69, 9.17) is 4.74 Å². The number of aliphatic hydroxyl groups excluding tert-OH is 1. The van der Waals surface area contributed by atoms with Gasteiger partial charge in [-0.3, -0.25) is 4.79 Å². The van der Waals surface area contributed by atoms with Crippen LogP contribution < -0.4 is 5.32 Å². The van der Waals surface area contributed by atoms with E-state index in [1.165, 1.54) is 6.07 Å². The number of nitrogens with one attached hydrogen (secondary N) is 1. The fraction of sp³-hybridized carbons (Fsp3) is 0.500. The van der Waals surface area contributed by atoms with Crippen LogP contribution in [0.3, 0.4) is 0 Å². The predicted molar refractivity (Wildman–Crippen MR) is 68.3 cm³/mol. The smallest absolute Gasteiger partial charge is 0.251 e. The molecule has 1 aromatic rings. The van der Waals surface area contributed by atoms with Gasteiger partial charge in [0, 0.05) is 30.7 Å². The molecule has 2 rings (SSSR count). The number of ether oxygens (including phenoxy) is 1. The lowest BCUT2D eigenvalue weighted by Crippen LogP contribution is -2.43. The Morgan fingerprint density at radius 3 is 2.60 bits per heavy atom. The molecule has 0 aromatic heterocycles. The van der Waals surface area contributed by atoms with Gasteiger partial charge in [-0.05, 0) is 31.0 Å². The third-order valence-corrected chi connectivity index (χ3v) is 3.69. The molecule has 1 aliphatic heterocycles. The summed E-state index contributed by atoms with van der Waals surface area (Å²) in [5, 5.41) is 12.2. The number of carbonyl (C=O) groups is 1. The van der Waals surface area contributed by atoms with E-state index in [2.05, 4.69) is 5.32 Å². The lowest BCUT2D eigenvalue weighted by Gasteiger charge is -2.35. The van der Waals surface area contributed by atoms with Crippen molar-refractivity contribution in [2.24, 2.45) is 5.41 Å². The molecule has 6 heteroatoms. The molecule has 1 aliphatic rings. The topological polar surface area (TPSA) is 58.6 Å². The first-order valence-electron chi connectivity index (χ1n) is 6.48. The number of hydrogen-bond donors (Lipinski definition) is 2. The van der Waals surface area contributed by atoms with Crippen LogP contribution in [0.2, 0.25) is 0 Å². The van der Waals surface area contributed by atoms with E-state index in [9.17, 15) is 18.7 Å². The molecule has 0 spiro atoms. The normalized spacial score (nSPS) is 17.8. The summed E-state index contributed by atoms with van der Waals surface area (Å²) in [5.74, 6) is -2.53. The monoisotopic (exact) mass is 285 g/mol. The van der Waals surface area contributed by atoms with Gasteiger partial charge in [-0.2, -0.15) is 0 Å². The van der Waals surface area contributed by atoms with Gasteiger partial charge in [-0.1, -0.05) is 0 Å². The second kappa shape index (κ2) is 6.28. The molecule has 4 nitrogen and oxygen atoms in total. The van der Waals surface area contributed by atoms with Crippen molar-refractivity contribution in [2.75, 3.05) is 26.4 Å². The minimum absolute atomic E-state index is 0.0472. The molecule has 0 radical (unpaired) electrons. The van der Waals surface area contributed by atoms with Crippen molar-refractivity contribution in [3.05, 3.63) is 35.4 Å². The van der Waals surface area contributed by atoms with Crippen LogP contribution in [0.15, 0.2) is 18.2 Å². The van der Waals surface area contributed by atoms with Crippen LogP contribution in [0.1, 0.15) is 23.2 Å². The zero-order valence-corrected chi connectivity index (χ0v) is 11.0. The Bertz CT molecular complexity index is 487. The highest BCUT2D eigenvalue weighted by Crippen LogP contribution is 2.29. The van der Waals surface area contributed by atoms with E-state index >= 15 is 0 Å². The van der Waals surface area contributed by atoms with Crippen LogP contribution in [0, 0.1) is 17.0 Å². The maximum Gasteiger partial charge on any atom is 0.251 e. The third kappa shape index (κ3) is 3.32. The van der Waals surface area contributed by atoms with Gasteiger partial charge in [-0.25, -0.2) is 8.78 Å². The minimum atomic E-state index is -1.06. The molecule has 1 amide bonds. The molecule has 1 heterocycles. The summed E-state index contributed by atoms with van der Waals surface area (Å²) in [4.78, 5) is 11.9. The van der Waals surface area contributed by atoms with Gasteiger partial charge in [0.1, 0.15) is 0 Å². The largest absolute Gasteiger partial charge is 0.396 e. The van der Waals surface area contributed by atoms with Crippen molar-refractivity contribution in [2.45, 2.75) is 12.8 Å². The van der Waals surface area contributed by atoms with Crippen LogP contribution in [0.25, 0.3) is 0 Å². The molecule has 1 aromatic carbocycles. The lowest BCUT2D eigenvalue weighted by atomic mass is 9.81. The van der Waals surface area contributed by atoms with Crippen LogP contribution in [-0.2, 0) is 4.74 Å². The highest BCUT2D eigenvalue weighted by atomic mass is 19.2. The Morgan fingerprint density at radius 2 is 2.00 bits per heavy atom. The van der Waals surface area contributed by atoms with Crippen molar-refractivity contribution in [1.82, 2.24) is 5.32 Å². The molecule has 1 fully saturated rings. The average molecular weight is 285 g/mol. The van der Waals surface area contributed by atoms with Crippen molar-refractivity contribution >= 4 is 5.91 Å². The molecule has 0 saturated carbocycles. The number of hydrogen-bond acceptors (Lipinski definition) is 3. The molecule has 1 saturated heterocycles. The van der Waals surface area contributed by atoms with Crippen molar-refractivity contribution in [3.8, 4) is 0 Å². The second-order valence-corrected chi connectivity index (χ2v) is 5.08. The maximum absolute atomic E-state index is 13.1. The summed E-state index contributed by atoms with van der Waals surface area (Å²) in [7, 11) is 0. The Morgan fingerprint density at radius 1 is 1.30 bits per heavy atom. The van der Waals surface area contributed by atoms with Gasteiger partial charge in [0.15, 0.2) is 11.6 Å². The number of aliphatic hydroxyl groups is 1. The standard InChI is InChI=1S/C14H17F2NO3/c15-11-2-1-10(7-12(11)16)13(19)17-8-14(9-18)3-5-20-6-4-14/h1-2,7,18H,3-6,8-9H2,(H,17,19). The maximum atomic E-state index is 13.1. The second-order valence-electron chi connectivity index (χ2n) is 5.08. The molecule has 0 atom stereocenters. The number of carbonyl (C=O) groups excluding carboxylic acids is 1. The van der Waals surface area contributed by atoms with Crippen LogP contribution in [0.4, 0.5) is 8.78 Å². The van der Waals surface area contributed by atoms with Crippen LogP contribution in [0.5, 0.6) is 0 Å². The molecule has 0 bridgehead atoms. The first-order valence-corrected chi connectivity index (χ1v) is 6.48. The molecule has 0 unspecified atom stereocenters. The van der Waals surface area contributed by atoms with Gasteiger partial charge in [0.2, 0.25) is 0 Å². The first kappa shape index (κ1) is 14.9. The Hall–Kier alpha value is -1.53. The van der Waals surface area contributed by atoms with E-state index in [1.54, 1.807) is 0 Å². The van der Waals surface area contributed by atoms with Gasteiger partial charge in [0.25, 0.3) is 5.91 Å². The molecular weight excluding hydrogens is 268 g/mol. The number of benzene rings is 1. The molecule has 0 aliphatic carbocycles. The predicted octanol–water partition coefficient (Wildman–Crippen LogP) is 1.48. The molecular formula is C14H17F2NO3. The first-order chi connectivity index (χ1) is 9.56. The summed E-state index contributed by atoms with van der Waals surface area (Å²) in [6, 6.07) is 3.00. The summed E-state index contributed by atoms with van der Waals surface area (Å²) >= 11 is 0. The quantitative estimate of drug-likeness (QED) is 0.881. The number of rotatable bonds is 4. The zero-order chi connectivity index (χ0) is 14.6. The van der Waals surface area contributed by atoms with E-state index in [1.807, 2.05) is 0 Å². The fourth-order valence-corrected chi connectivity index (χ4v) is 2.20. The van der Waals surface area contributed by atoms with Gasteiger partial charge in [-0.15, -0.1) is 0 Å². The highest BCUT2D eigenvalue weighted by molar-refractivity contribution is 5.94. The van der Waals surface area contributed by atoms with E-state index in [0.717, 1.165) is 12.1 Å². The molecule has 20 heavy (non-hydrogen) atoms. The molecule has 2 N–H and O–H groups in total.